The molecule has 0 aromatic carbocycles. The fraction of sp³-hybridized carbons (Fsp3) is 0.867. The molecule has 0 aliphatic carbocycles. The summed E-state index contributed by atoms with van der Waals surface area (Å²) in [6.45, 7) is 1.91. The van der Waals surface area contributed by atoms with E-state index in [9.17, 15) is 10.2 Å². The van der Waals surface area contributed by atoms with Crippen molar-refractivity contribution >= 4 is 0 Å². The molecule has 0 bridgehead atoms. The lowest BCUT2D eigenvalue weighted by atomic mass is 10.1. The molecule has 1 aliphatic rings. The number of aliphatic hydroxyl groups excluding tert-OH is 3. The van der Waals surface area contributed by atoms with Crippen molar-refractivity contribution in [1.82, 2.24) is 0 Å². The molecule has 0 unspecified atom stereocenters. The highest BCUT2D eigenvalue weighted by atomic mass is 16.6. The van der Waals surface area contributed by atoms with Crippen LogP contribution in [0.15, 0.2) is 12.3 Å². The second kappa shape index (κ2) is 10.2. The van der Waals surface area contributed by atoms with Crippen molar-refractivity contribution in [2.45, 2.75) is 69.9 Å². The zero-order valence-electron chi connectivity index (χ0n) is 12.3. The minimum absolute atomic E-state index is 0.122. The van der Waals surface area contributed by atoms with Crippen molar-refractivity contribution in [3.8, 4) is 0 Å². The number of aliphatic hydroxyl groups is 3. The van der Waals surface area contributed by atoms with Gasteiger partial charge in [-0.3, -0.25) is 0 Å². The van der Waals surface area contributed by atoms with Gasteiger partial charge in [-0.2, -0.15) is 0 Å². The van der Waals surface area contributed by atoms with Gasteiger partial charge in [0.05, 0.1) is 19.5 Å². The molecular weight excluding hydrogens is 260 g/mol. The molecule has 4 atom stereocenters. The average Bonchev–Trinajstić information content (AvgIpc) is 2.82. The predicted octanol–water partition coefficient (Wildman–Crippen LogP) is 1.36. The summed E-state index contributed by atoms with van der Waals surface area (Å²) in [6.07, 6.45) is 7.50. The minimum atomic E-state index is -1.03. The maximum atomic E-state index is 9.73. The Labute approximate surface area is 121 Å². The standard InChI is InChI=1S/C15H28O5/c1-2-3-4-5-6-7-8-9-19-15-13(18)11-20-14(15)12(17)10-16/h8-9,12-18H,2-7,10-11H2,1H3/b9-8+/t12-,13+,14+,15+/m1/s1. The topological polar surface area (TPSA) is 79.2 Å². The van der Waals surface area contributed by atoms with E-state index in [1.165, 1.54) is 25.7 Å². The first-order chi connectivity index (χ1) is 9.70. The van der Waals surface area contributed by atoms with E-state index < -0.39 is 31.0 Å². The van der Waals surface area contributed by atoms with Gasteiger partial charge in [-0.1, -0.05) is 32.6 Å². The highest BCUT2D eigenvalue weighted by Gasteiger charge is 2.41. The van der Waals surface area contributed by atoms with Gasteiger partial charge >= 0.3 is 0 Å². The molecule has 20 heavy (non-hydrogen) atoms. The van der Waals surface area contributed by atoms with Gasteiger partial charge in [0, 0.05) is 0 Å². The van der Waals surface area contributed by atoms with Crippen molar-refractivity contribution in [2.75, 3.05) is 13.2 Å². The monoisotopic (exact) mass is 288 g/mol. The quantitative estimate of drug-likeness (QED) is 0.418. The lowest BCUT2D eigenvalue weighted by Gasteiger charge is -2.22. The summed E-state index contributed by atoms with van der Waals surface area (Å²) < 4.78 is 10.7. The van der Waals surface area contributed by atoms with Gasteiger partial charge in [0.15, 0.2) is 6.10 Å². The number of ether oxygens (including phenoxy) is 2. The number of rotatable bonds is 10. The van der Waals surface area contributed by atoms with Crippen LogP contribution in [-0.2, 0) is 9.47 Å². The van der Waals surface area contributed by atoms with Crippen LogP contribution in [-0.4, -0.2) is 52.9 Å². The first-order valence-corrected chi connectivity index (χ1v) is 7.59. The fourth-order valence-electron chi connectivity index (χ4n) is 2.30. The molecule has 0 spiro atoms. The summed E-state index contributed by atoms with van der Waals surface area (Å²) in [5, 5.41) is 28.2. The third kappa shape index (κ3) is 5.79. The second-order valence-corrected chi connectivity index (χ2v) is 5.29. The Morgan fingerprint density at radius 1 is 1.30 bits per heavy atom. The van der Waals surface area contributed by atoms with E-state index in [4.69, 9.17) is 14.6 Å². The SMILES string of the molecule is CCCCCCC/C=C/O[C@@H]1[C@H]([C@H](O)CO)OC[C@@H]1O. The number of allylic oxidation sites excluding steroid dienone is 1. The van der Waals surface area contributed by atoms with Crippen LogP contribution in [0.1, 0.15) is 45.4 Å². The third-order valence-corrected chi connectivity index (χ3v) is 3.54. The highest BCUT2D eigenvalue weighted by Crippen LogP contribution is 2.21. The molecule has 5 nitrogen and oxygen atoms in total. The van der Waals surface area contributed by atoms with Crippen LogP contribution in [0.3, 0.4) is 0 Å². The van der Waals surface area contributed by atoms with Crippen LogP contribution in [0.4, 0.5) is 0 Å². The maximum absolute atomic E-state index is 9.73. The average molecular weight is 288 g/mol. The Kier molecular flexibility index (Phi) is 8.85. The summed E-state index contributed by atoms with van der Waals surface area (Å²) in [6, 6.07) is 0. The zero-order valence-corrected chi connectivity index (χ0v) is 12.3. The van der Waals surface area contributed by atoms with Gasteiger partial charge in [-0.05, 0) is 18.9 Å². The highest BCUT2D eigenvalue weighted by molar-refractivity contribution is 4.91. The number of hydrogen-bond acceptors (Lipinski definition) is 5. The molecule has 1 rings (SSSR count). The van der Waals surface area contributed by atoms with Crippen molar-refractivity contribution in [3.63, 3.8) is 0 Å². The molecule has 3 N–H and O–H groups in total. The lowest BCUT2D eigenvalue weighted by molar-refractivity contribution is -0.0721. The normalized spacial score (nSPS) is 28.1. The van der Waals surface area contributed by atoms with Gasteiger partial charge in [0.1, 0.15) is 18.3 Å². The van der Waals surface area contributed by atoms with Gasteiger partial charge in [0.2, 0.25) is 0 Å². The predicted molar refractivity (Wildman–Crippen MR) is 76.2 cm³/mol. The van der Waals surface area contributed by atoms with Gasteiger partial charge < -0.3 is 24.8 Å². The van der Waals surface area contributed by atoms with Crippen LogP contribution in [0.5, 0.6) is 0 Å². The Morgan fingerprint density at radius 3 is 2.75 bits per heavy atom. The summed E-state index contributed by atoms with van der Waals surface area (Å²) in [5.41, 5.74) is 0. The van der Waals surface area contributed by atoms with Gasteiger partial charge in [-0.15, -0.1) is 0 Å². The van der Waals surface area contributed by atoms with E-state index in [2.05, 4.69) is 6.92 Å². The van der Waals surface area contributed by atoms with E-state index in [0.29, 0.717) is 0 Å². The molecular formula is C15H28O5. The molecule has 0 amide bonds. The minimum Gasteiger partial charge on any atom is -0.493 e. The Morgan fingerprint density at radius 2 is 2.05 bits per heavy atom. The van der Waals surface area contributed by atoms with E-state index >= 15 is 0 Å². The van der Waals surface area contributed by atoms with E-state index in [1.54, 1.807) is 6.26 Å². The van der Waals surface area contributed by atoms with Crippen LogP contribution in [0, 0.1) is 0 Å². The number of hydrogen-bond donors (Lipinski definition) is 3. The summed E-state index contributed by atoms with van der Waals surface area (Å²) in [7, 11) is 0. The molecule has 118 valence electrons. The van der Waals surface area contributed by atoms with Crippen LogP contribution >= 0.6 is 0 Å². The molecule has 5 heteroatoms. The van der Waals surface area contributed by atoms with Crippen molar-refractivity contribution in [3.05, 3.63) is 12.3 Å². The summed E-state index contributed by atoms with van der Waals surface area (Å²) in [4.78, 5) is 0. The van der Waals surface area contributed by atoms with E-state index in [-0.39, 0.29) is 6.61 Å². The molecule has 0 aromatic rings. The van der Waals surface area contributed by atoms with Crippen LogP contribution in [0.25, 0.3) is 0 Å². The molecule has 1 saturated heterocycles. The molecule has 1 fully saturated rings. The Balaban J connectivity index is 2.21. The largest absolute Gasteiger partial charge is 0.493 e. The van der Waals surface area contributed by atoms with E-state index in [0.717, 1.165) is 12.8 Å². The zero-order chi connectivity index (χ0) is 14.8. The lowest BCUT2D eigenvalue weighted by Crippen LogP contribution is -2.41. The summed E-state index contributed by atoms with van der Waals surface area (Å²) in [5.74, 6) is 0. The second-order valence-electron chi connectivity index (χ2n) is 5.29. The molecule has 0 aromatic heterocycles. The number of unbranched alkanes of at least 4 members (excludes halogenated alkanes) is 5. The fourth-order valence-corrected chi connectivity index (χ4v) is 2.30. The van der Waals surface area contributed by atoms with Crippen LogP contribution < -0.4 is 0 Å². The molecule has 0 saturated carbocycles. The van der Waals surface area contributed by atoms with Gasteiger partial charge in [-0.25, -0.2) is 0 Å². The maximum Gasteiger partial charge on any atom is 0.154 e. The van der Waals surface area contributed by atoms with Gasteiger partial charge in [0.25, 0.3) is 0 Å². The molecule has 1 aliphatic heterocycles. The third-order valence-electron chi connectivity index (χ3n) is 3.54. The molecule has 1 heterocycles. The van der Waals surface area contributed by atoms with E-state index in [1.807, 2.05) is 6.08 Å². The van der Waals surface area contributed by atoms with Crippen molar-refractivity contribution in [1.29, 1.82) is 0 Å². The Bertz CT molecular complexity index is 269. The van der Waals surface area contributed by atoms with Crippen molar-refractivity contribution < 1.29 is 24.8 Å². The van der Waals surface area contributed by atoms with Crippen molar-refractivity contribution in [2.24, 2.45) is 0 Å². The summed E-state index contributed by atoms with van der Waals surface area (Å²) >= 11 is 0. The first-order valence-electron chi connectivity index (χ1n) is 7.59. The molecule has 0 radical (unpaired) electrons. The first kappa shape index (κ1) is 17.4. The smallest absolute Gasteiger partial charge is 0.154 e. The van der Waals surface area contributed by atoms with Crippen LogP contribution in [0.2, 0.25) is 0 Å². The Hall–Kier alpha value is -0.620.